The van der Waals surface area contributed by atoms with Crippen molar-refractivity contribution in [3.05, 3.63) is 0 Å². The van der Waals surface area contributed by atoms with E-state index in [0.717, 1.165) is 0 Å². The van der Waals surface area contributed by atoms with Crippen LogP contribution in [0.1, 0.15) is 0 Å². The largest absolute Gasteiger partial charge is 0.445 e. The third-order valence-electron chi connectivity index (χ3n) is 2.41. The van der Waals surface area contributed by atoms with Crippen LogP contribution in [0, 0.1) is 0 Å². The minimum Gasteiger partial charge on any atom is -0.445 e. The molecule has 1 N–H and O–H groups in total. The van der Waals surface area contributed by atoms with Crippen LogP contribution in [0.5, 0.6) is 0 Å². The predicted molar refractivity (Wildman–Crippen MR) is 66.7 cm³/mol. The summed E-state index contributed by atoms with van der Waals surface area (Å²) in [4.78, 5) is 15.2. The molecule has 8 heteroatoms. The Hall–Kier alpha value is 0.0600. The van der Waals surface area contributed by atoms with Gasteiger partial charge in [0.15, 0.2) is 0 Å². The lowest BCUT2D eigenvalue weighted by Gasteiger charge is -2.33. The quantitative estimate of drug-likeness (QED) is 0.794. The van der Waals surface area contributed by atoms with Crippen LogP contribution in [0.4, 0.5) is 4.79 Å². The van der Waals surface area contributed by atoms with Gasteiger partial charge in [-0.1, -0.05) is 34.8 Å². The molecular weight excluding hydrogens is 290 g/mol. The molecule has 5 nitrogen and oxygen atoms in total. The summed E-state index contributed by atoms with van der Waals surface area (Å²) in [7, 11) is 0. The van der Waals surface area contributed by atoms with Crippen molar-refractivity contribution in [1.82, 2.24) is 9.80 Å². The highest BCUT2D eigenvalue weighted by molar-refractivity contribution is 6.67. The molecule has 0 radical (unpaired) electrons. The molecule has 1 aliphatic rings. The van der Waals surface area contributed by atoms with Crippen LogP contribution < -0.4 is 0 Å². The van der Waals surface area contributed by atoms with Crippen LogP contribution in [0.15, 0.2) is 0 Å². The predicted octanol–water partition coefficient (Wildman–Crippen LogP) is 1.10. The van der Waals surface area contributed by atoms with E-state index in [1.807, 2.05) is 0 Å². The maximum atomic E-state index is 11.6. The van der Waals surface area contributed by atoms with E-state index in [4.69, 9.17) is 44.6 Å². The Labute approximate surface area is 115 Å². The first-order chi connectivity index (χ1) is 7.92. The Balaban J connectivity index is 2.26. The standard InChI is InChI=1S/C9H15Cl3N2O3/c10-9(11,12)7-17-8(16)14-3-1-13(2-4-14)5-6-15/h15H,1-7H2. The van der Waals surface area contributed by atoms with E-state index < -0.39 is 9.89 Å². The Morgan fingerprint density at radius 2 is 1.82 bits per heavy atom. The number of amides is 1. The van der Waals surface area contributed by atoms with Crippen molar-refractivity contribution in [3.63, 3.8) is 0 Å². The molecule has 0 aliphatic carbocycles. The van der Waals surface area contributed by atoms with Gasteiger partial charge in [-0.05, 0) is 0 Å². The molecule has 17 heavy (non-hydrogen) atoms. The zero-order valence-electron chi connectivity index (χ0n) is 9.24. The van der Waals surface area contributed by atoms with Gasteiger partial charge in [0.1, 0.15) is 6.61 Å². The second-order valence-corrected chi connectivity index (χ2v) is 6.24. The van der Waals surface area contributed by atoms with Crippen LogP contribution >= 0.6 is 34.8 Å². The molecule has 1 heterocycles. The van der Waals surface area contributed by atoms with Crippen molar-refractivity contribution in [2.24, 2.45) is 0 Å². The number of aliphatic hydroxyl groups excluding tert-OH is 1. The summed E-state index contributed by atoms with van der Waals surface area (Å²) in [5.74, 6) is 0. The van der Waals surface area contributed by atoms with Crippen molar-refractivity contribution in [2.45, 2.75) is 3.79 Å². The smallest absolute Gasteiger partial charge is 0.409 e. The lowest BCUT2D eigenvalue weighted by atomic mass is 10.3. The summed E-state index contributed by atoms with van der Waals surface area (Å²) in [5.41, 5.74) is 0. The van der Waals surface area contributed by atoms with E-state index in [9.17, 15) is 4.79 Å². The first-order valence-electron chi connectivity index (χ1n) is 5.24. The number of carbonyl (C=O) groups is 1. The summed E-state index contributed by atoms with van der Waals surface area (Å²) in [6, 6.07) is 0. The maximum Gasteiger partial charge on any atom is 0.409 e. The fourth-order valence-electron chi connectivity index (χ4n) is 1.53. The van der Waals surface area contributed by atoms with E-state index in [-0.39, 0.29) is 13.2 Å². The van der Waals surface area contributed by atoms with E-state index in [1.165, 1.54) is 0 Å². The minimum absolute atomic E-state index is 0.123. The number of ether oxygens (including phenoxy) is 1. The Bertz CT molecular complexity index is 252. The molecule has 0 bridgehead atoms. The van der Waals surface area contributed by atoms with Gasteiger partial charge in [0.2, 0.25) is 3.79 Å². The SMILES string of the molecule is O=C(OCC(Cl)(Cl)Cl)N1CCN(CCO)CC1. The number of halogens is 3. The van der Waals surface area contributed by atoms with E-state index in [2.05, 4.69) is 4.90 Å². The van der Waals surface area contributed by atoms with Gasteiger partial charge in [-0.25, -0.2) is 4.79 Å². The second-order valence-electron chi connectivity index (χ2n) is 3.72. The summed E-state index contributed by atoms with van der Waals surface area (Å²) < 4.78 is 3.29. The number of alkyl halides is 3. The monoisotopic (exact) mass is 304 g/mol. The third-order valence-corrected chi connectivity index (χ3v) is 2.73. The Morgan fingerprint density at radius 3 is 2.29 bits per heavy atom. The first kappa shape index (κ1) is 15.1. The average molecular weight is 306 g/mol. The molecule has 0 saturated carbocycles. The van der Waals surface area contributed by atoms with Crippen LogP contribution in [0.25, 0.3) is 0 Å². The maximum absolute atomic E-state index is 11.6. The normalized spacial score (nSPS) is 18.2. The fourth-order valence-corrected chi connectivity index (χ4v) is 1.69. The molecule has 0 aromatic rings. The molecule has 0 aromatic heterocycles. The van der Waals surface area contributed by atoms with Gasteiger partial charge in [0, 0.05) is 32.7 Å². The van der Waals surface area contributed by atoms with Crippen LogP contribution in [-0.2, 0) is 4.74 Å². The number of aliphatic hydroxyl groups is 1. The van der Waals surface area contributed by atoms with Crippen LogP contribution in [0.2, 0.25) is 0 Å². The number of hydrogen-bond acceptors (Lipinski definition) is 4. The number of nitrogens with zero attached hydrogens (tertiary/aromatic N) is 2. The molecule has 1 fully saturated rings. The van der Waals surface area contributed by atoms with Gasteiger partial charge >= 0.3 is 6.09 Å². The van der Waals surface area contributed by atoms with Gasteiger partial charge in [-0.15, -0.1) is 0 Å². The number of piperazine rings is 1. The van der Waals surface area contributed by atoms with Crippen LogP contribution in [0.3, 0.4) is 0 Å². The molecule has 1 amide bonds. The van der Waals surface area contributed by atoms with E-state index in [0.29, 0.717) is 32.7 Å². The van der Waals surface area contributed by atoms with Crippen molar-refractivity contribution < 1.29 is 14.6 Å². The Kier molecular flexibility index (Phi) is 6.09. The van der Waals surface area contributed by atoms with Crippen molar-refractivity contribution in [2.75, 3.05) is 45.9 Å². The lowest BCUT2D eigenvalue weighted by molar-refractivity contribution is 0.0726. The minimum atomic E-state index is -1.58. The summed E-state index contributed by atoms with van der Waals surface area (Å²) in [6.45, 7) is 3.02. The third kappa shape index (κ3) is 5.97. The first-order valence-corrected chi connectivity index (χ1v) is 6.37. The molecule has 1 saturated heterocycles. The average Bonchev–Trinajstić information content (AvgIpc) is 2.26. The fraction of sp³-hybridized carbons (Fsp3) is 0.889. The molecule has 0 aromatic carbocycles. The van der Waals surface area contributed by atoms with Gasteiger partial charge in [0.05, 0.1) is 6.61 Å². The van der Waals surface area contributed by atoms with Crippen LogP contribution in [-0.4, -0.2) is 70.7 Å². The zero-order valence-corrected chi connectivity index (χ0v) is 11.5. The lowest BCUT2D eigenvalue weighted by Crippen LogP contribution is -2.49. The molecular formula is C9H15Cl3N2O3. The van der Waals surface area contributed by atoms with Crippen molar-refractivity contribution in [3.8, 4) is 0 Å². The number of hydrogen-bond donors (Lipinski definition) is 1. The number of β-amino-alcohol motifs (C(OH)–C–C–N with tert-alkyl or cyclic N) is 1. The second kappa shape index (κ2) is 6.85. The highest BCUT2D eigenvalue weighted by Crippen LogP contribution is 2.26. The topological polar surface area (TPSA) is 53.0 Å². The van der Waals surface area contributed by atoms with Gasteiger partial charge < -0.3 is 14.7 Å². The molecule has 1 rings (SSSR count). The molecule has 0 spiro atoms. The number of rotatable bonds is 3. The van der Waals surface area contributed by atoms with Gasteiger partial charge in [0.25, 0.3) is 0 Å². The zero-order chi connectivity index (χ0) is 12.9. The van der Waals surface area contributed by atoms with Crippen molar-refractivity contribution >= 4 is 40.9 Å². The number of carbonyl (C=O) groups excluding carboxylic acids is 1. The highest BCUT2D eigenvalue weighted by atomic mass is 35.6. The van der Waals surface area contributed by atoms with Crippen molar-refractivity contribution in [1.29, 1.82) is 0 Å². The molecule has 1 aliphatic heterocycles. The summed E-state index contributed by atoms with van der Waals surface area (Å²) >= 11 is 16.4. The molecule has 0 atom stereocenters. The van der Waals surface area contributed by atoms with E-state index >= 15 is 0 Å². The van der Waals surface area contributed by atoms with Gasteiger partial charge in [-0.3, -0.25) is 4.90 Å². The highest BCUT2D eigenvalue weighted by Gasteiger charge is 2.26. The van der Waals surface area contributed by atoms with Gasteiger partial charge in [-0.2, -0.15) is 0 Å². The summed E-state index contributed by atoms with van der Waals surface area (Å²) in [6.07, 6.45) is -0.472. The summed E-state index contributed by atoms with van der Waals surface area (Å²) in [5, 5.41) is 8.78. The Morgan fingerprint density at radius 1 is 1.24 bits per heavy atom. The molecule has 0 unspecified atom stereocenters. The molecule has 100 valence electrons. The van der Waals surface area contributed by atoms with E-state index in [1.54, 1.807) is 4.90 Å².